The molecule has 0 bridgehead atoms. The third-order valence-electron chi connectivity index (χ3n) is 2.76. The van der Waals surface area contributed by atoms with Gasteiger partial charge in [0, 0.05) is 0 Å². The number of carboxylic acids is 1. The average Bonchev–Trinajstić information content (AvgIpc) is 2.51. The van der Waals surface area contributed by atoms with Crippen LogP contribution in [0.1, 0.15) is 15.9 Å². The second-order valence-electron chi connectivity index (χ2n) is 4.79. The van der Waals surface area contributed by atoms with Gasteiger partial charge in [0.25, 0.3) is 11.8 Å². The van der Waals surface area contributed by atoms with Crippen molar-refractivity contribution in [3.05, 3.63) is 47.2 Å². The van der Waals surface area contributed by atoms with Gasteiger partial charge in [-0.1, -0.05) is 12.1 Å². The zero-order valence-corrected chi connectivity index (χ0v) is 14.1. The van der Waals surface area contributed by atoms with Crippen LogP contribution in [0.25, 0.3) is 0 Å². The molecule has 25 heavy (non-hydrogen) atoms. The predicted octanol–water partition coefficient (Wildman–Crippen LogP) is -0.207. The summed E-state index contributed by atoms with van der Waals surface area (Å²) in [6, 6.07) is 5.59. The number of nitrogens with one attached hydrogen (secondary N) is 1. The number of carbonyl (C=O) groups excluding carboxylic acids is 2. The molecule has 0 spiro atoms. The molecule has 136 valence electrons. The Morgan fingerprint density at radius 3 is 2.20 bits per heavy atom. The highest BCUT2D eigenvalue weighted by Gasteiger charge is 2.18. The molecule has 0 aliphatic rings. The van der Waals surface area contributed by atoms with Crippen molar-refractivity contribution in [1.29, 1.82) is 0 Å². The standard InChI is InChI=1S/C14H16N2O8S/c1-24-16(8-9-3-5-10(6-4-9)14(20)21)12(18)7-11(17)13(19)15-25(2,22)23/h3-7,17H,8H2,1-2H3,(H,15,19)(H,20,21)/b11-7-. The molecule has 1 rings (SSSR count). The molecule has 0 saturated heterocycles. The molecule has 11 heteroatoms. The fourth-order valence-corrected chi connectivity index (χ4v) is 2.07. The van der Waals surface area contributed by atoms with Gasteiger partial charge in [0.15, 0.2) is 5.76 Å². The molecule has 0 fully saturated rings. The molecule has 1 aromatic rings. The van der Waals surface area contributed by atoms with E-state index in [-0.39, 0.29) is 12.1 Å². The van der Waals surface area contributed by atoms with Crippen LogP contribution < -0.4 is 4.72 Å². The van der Waals surface area contributed by atoms with Crippen LogP contribution in [-0.2, 0) is 31.0 Å². The van der Waals surface area contributed by atoms with Gasteiger partial charge in [0.2, 0.25) is 10.0 Å². The van der Waals surface area contributed by atoms with Gasteiger partial charge < -0.3 is 10.2 Å². The summed E-state index contributed by atoms with van der Waals surface area (Å²) in [4.78, 5) is 39.0. The lowest BCUT2D eigenvalue weighted by Crippen LogP contribution is -2.32. The zero-order chi connectivity index (χ0) is 19.2. The number of aliphatic hydroxyl groups is 1. The number of aliphatic hydroxyl groups excluding tert-OH is 1. The number of hydrogen-bond acceptors (Lipinski definition) is 7. The molecule has 0 aliphatic heterocycles. The Hall–Kier alpha value is -2.92. The Kier molecular flexibility index (Phi) is 6.65. The summed E-state index contributed by atoms with van der Waals surface area (Å²) >= 11 is 0. The number of rotatable bonds is 7. The molecule has 0 aromatic heterocycles. The van der Waals surface area contributed by atoms with Gasteiger partial charge in [0.1, 0.15) is 0 Å². The van der Waals surface area contributed by atoms with E-state index < -0.39 is 33.6 Å². The van der Waals surface area contributed by atoms with E-state index >= 15 is 0 Å². The fourth-order valence-electron chi connectivity index (χ4n) is 1.63. The monoisotopic (exact) mass is 372 g/mol. The fraction of sp³-hybridized carbons (Fsp3) is 0.214. The maximum atomic E-state index is 12.0. The van der Waals surface area contributed by atoms with Crippen LogP contribution in [0.3, 0.4) is 0 Å². The molecule has 3 N–H and O–H groups in total. The number of carboxylic acid groups (broad SMARTS) is 1. The maximum absolute atomic E-state index is 12.0. The molecule has 0 aliphatic carbocycles. The highest BCUT2D eigenvalue weighted by atomic mass is 32.2. The summed E-state index contributed by atoms with van der Waals surface area (Å²) in [5.41, 5.74) is 0.586. The third-order valence-corrected chi connectivity index (χ3v) is 3.32. The number of amides is 2. The largest absolute Gasteiger partial charge is 0.503 e. The topological polar surface area (TPSA) is 150 Å². The Labute approximate surface area is 143 Å². The van der Waals surface area contributed by atoms with E-state index in [4.69, 9.17) is 9.94 Å². The number of nitrogens with zero attached hydrogens (tertiary/aromatic N) is 1. The number of hydroxylamine groups is 2. The van der Waals surface area contributed by atoms with Crippen molar-refractivity contribution in [3.63, 3.8) is 0 Å². The molecule has 10 nitrogen and oxygen atoms in total. The lowest BCUT2D eigenvalue weighted by atomic mass is 10.1. The quantitative estimate of drug-likeness (QED) is 0.338. The molecular weight excluding hydrogens is 356 g/mol. The van der Waals surface area contributed by atoms with E-state index in [1.165, 1.54) is 36.1 Å². The van der Waals surface area contributed by atoms with Gasteiger partial charge >= 0.3 is 5.97 Å². The van der Waals surface area contributed by atoms with Gasteiger partial charge in [-0.15, -0.1) is 0 Å². The van der Waals surface area contributed by atoms with Gasteiger partial charge in [0.05, 0.1) is 31.5 Å². The first-order valence-electron chi connectivity index (χ1n) is 6.64. The SMILES string of the molecule is CON(Cc1ccc(C(=O)O)cc1)C(=O)/C=C(\O)C(=O)NS(C)(=O)=O. The van der Waals surface area contributed by atoms with Crippen LogP contribution >= 0.6 is 0 Å². The summed E-state index contributed by atoms with van der Waals surface area (Å²) in [6.07, 6.45) is 1.21. The Morgan fingerprint density at radius 2 is 1.76 bits per heavy atom. The van der Waals surface area contributed by atoms with Gasteiger partial charge in [-0.2, -0.15) is 0 Å². The molecule has 0 heterocycles. The number of sulfonamides is 1. The van der Waals surface area contributed by atoms with E-state index in [0.29, 0.717) is 17.9 Å². The van der Waals surface area contributed by atoms with Crippen LogP contribution in [0.4, 0.5) is 0 Å². The Balaban J connectivity index is 2.84. The van der Waals surface area contributed by atoms with Crippen LogP contribution in [0.5, 0.6) is 0 Å². The van der Waals surface area contributed by atoms with Gasteiger partial charge in [-0.3, -0.25) is 14.4 Å². The zero-order valence-electron chi connectivity index (χ0n) is 13.3. The number of benzene rings is 1. The maximum Gasteiger partial charge on any atom is 0.335 e. The third kappa shape index (κ3) is 6.61. The normalized spacial score (nSPS) is 11.7. The van der Waals surface area contributed by atoms with Gasteiger partial charge in [-0.25, -0.2) is 23.0 Å². The molecule has 2 amide bonds. The lowest BCUT2D eigenvalue weighted by molar-refractivity contribution is -0.173. The second kappa shape index (κ2) is 8.26. The lowest BCUT2D eigenvalue weighted by Gasteiger charge is -2.18. The van der Waals surface area contributed by atoms with Crippen molar-refractivity contribution in [1.82, 2.24) is 9.79 Å². The molecule has 0 radical (unpaired) electrons. The van der Waals surface area contributed by atoms with Crippen LogP contribution in [-0.4, -0.2) is 54.8 Å². The number of aromatic carboxylic acids is 1. The van der Waals surface area contributed by atoms with Crippen molar-refractivity contribution in [3.8, 4) is 0 Å². The molecular formula is C14H16N2O8S. The first kappa shape index (κ1) is 20.1. The van der Waals surface area contributed by atoms with Crippen molar-refractivity contribution in [2.45, 2.75) is 6.54 Å². The molecule has 0 unspecified atom stereocenters. The minimum absolute atomic E-state index is 0.0639. The van der Waals surface area contributed by atoms with Crippen molar-refractivity contribution >= 4 is 27.8 Å². The minimum atomic E-state index is -3.89. The van der Waals surface area contributed by atoms with E-state index in [1.807, 2.05) is 0 Å². The van der Waals surface area contributed by atoms with Crippen molar-refractivity contribution < 1.29 is 37.9 Å². The first-order chi connectivity index (χ1) is 11.5. The summed E-state index contributed by atoms with van der Waals surface area (Å²) in [5.74, 6) is -4.50. The Morgan fingerprint density at radius 1 is 1.20 bits per heavy atom. The Bertz CT molecular complexity index is 799. The predicted molar refractivity (Wildman–Crippen MR) is 84.7 cm³/mol. The summed E-state index contributed by atoms with van der Waals surface area (Å²) in [5, 5.41) is 19.1. The van der Waals surface area contributed by atoms with E-state index in [1.54, 1.807) is 0 Å². The van der Waals surface area contributed by atoms with Crippen LogP contribution in [0.15, 0.2) is 36.1 Å². The van der Waals surface area contributed by atoms with Crippen molar-refractivity contribution in [2.75, 3.05) is 13.4 Å². The van der Waals surface area contributed by atoms with Crippen LogP contribution in [0.2, 0.25) is 0 Å². The molecule has 0 saturated carbocycles. The van der Waals surface area contributed by atoms with Crippen LogP contribution in [0, 0.1) is 0 Å². The summed E-state index contributed by atoms with van der Waals surface area (Å²) in [7, 11) is -2.72. The van der Waals surface area contributed by atoms with E-state index in [9.17, 15) is 27.9 Å². The van der Waals surface area contributed by atoms with Crippen molar-refractivity contribution in [2.24, 2.45) is 0 Å². The summed E-state index contributed by atoms with van der Waals surface area (Å²) in [6.45, 7) is -0.104. The first-order valence-corrected chi connectivity index (χ1v) is 8.53. The van der Waals surface area contributed by atoms with E-state index in [2.05, 4.69) is 0 Å². The minimum Gasteiger partial charge on any atom is -0.503 e. The highest BCUT2D eigenvalue weighted by molar-refractivity contribution is 7.89. The molecule has 0 atom stereocenters. The summed E-state index contributed by atoms with van der Waals surface area (Å²) < 4.78 is 23.3. The highest BCUT2D eigenvalue weighted by Crippen LogP contribution is 2.09. The van der Waals surface area contributed by atoms with Gasteiger partial charge in [-0.05, 0) is 17.7 Å². The average molecular weight is 372 g/mol. The van der Waals surface area contributed by atoms with E-state index in [0.717, 1.165) is 5.06 Å². The second-order valence-corrected chi connectivity index (χ2v) is 6.54. The number of carbonyl (C=O) groups is 3. The molecule has 1 aromatic carbocycles. The smallest absolute Gasteiger partial charge is 0.335 e. The number of hydrogen-bond donors (Lipinski definition) is 3.